The quantitative estimate of drug-likeness (QED) is 0.528. The van der Waals surface area contributed by atoms with Crippen molar-refractivity contribution in [2.45, 2.75) is 52.2 Å². The molecule has 0 saturated heterocycles. The molecule has 0 fully saturated rings. The highest BCUT2D eigenvalue weighted by molar-refractivity contribution is 4.68. The second kappa shape index (κ2) is 6.63. The van der Waals surface area contributed by atoms with Gasteiger partial charge in [0.1, 0.15) is 0 Å². The minimum atomic E-state index is -0.498. The summed E-state index contributed by atoms with van der Waals surface area (Å²) in [5, 5.41) is 11.7. The molecule has 0 aromatic carbocycles. The van der Waals surface area contributed by atoms with Gasteiger partial charge in [-0.1, -0.05) is 6.92 Å². The molecule has 3 N–H and O–H groups in total. The largest absolute Gasteiger partial charge is 1.00 e. The highest BCUT2D eigenvalue weighted by atomic mass is 35.5. The highest BCUT2D eigenvalue weighted by Gasteiger charge is 2.18. The normalized spacial score (nSPS) is 16.2. The van der Waals surface area contributed by atoms with Crippen LogP contribution in [-0.2, 0) is 0 Å². The summed E-state index contributed by atoms with van der Waals surface area (Å²) in [5.74, 6) is 0.682. The van der Waals surface area contributed by atoms with Crippen LogP contribution in [0.4, 0.5) is 0 Å². The summed E-state index contributed by atoms with van der Waals surface area (Å²) >= 11 is 0. The SMILES string of the molecule is C[NH2+]C(C)C(C)CCC(C)(C)O.[Cl-]. The molecule has 0 rings (SSSR count). The van der Waals surface area contributed by atoms with Crippen LogP contribution in [-0.4, -0.2) is 23.8 Å². The Balaban J connectivity index is 0. The van der Waals surface area contributed by atoms with E-state index in [4.69, 9.17) is 0 Å². The number of hydrogen-bond donors (Lipinski definition) is 2. The van der Waals surface area contributed by atoms with E-state index in [0.717, 1.165) is 12.8 Å². The Morgan fingerprint density at radius 1 is 1.31 bits per heavy atom. The van der Waals surface area contributed by atoms with Crippen molar-refractivity contribution in [2.24, 2.45) is 5.92 Å². The molecule has 0 aliphatic rings. The molecule has 0 saturated carbocycles. The zero-order valence-corrected chi connectivity index (χ0v) is 10.2. The summed E-state index contributed by atoms with van der Waals surface area (Å²) in [4.78, 5) is 0. The first-order valence-corrected chi connectivity index (χ1v) is 4.88. The van der Waals surface area contributed by atoms with Gasteiger partial charge >= 0.3 is 0 Å². The molecule has 0 aliphatic carbocycles. The Morgan fingerprint density at radius 2 is 1.77 bits per heavy atom. The Morgan fingerprint density at radius 3 is 2.08 bits per heavy atom. The van der Waals surface area contributed by atoms with Crippen molar-refractivity contribution >= 4 is 0 Å². The Hall–Kier alpha value is 0.210. The van der Waals surface area contributed by atoms with Crippen molar-refractivity contribution in [1.82, 2.24) is 0 Å². The van der Waals surface area contributed by atoms with E-state index >= 15 is 0 Å². The standard InChI is InChI=1S/C10H23NO.ClH/c1-8(9(2)11-5)6-7-10(3,4)12;/h8-9,11-12H,6-7H2,1-5H3;1H. The van der Waals surface area contributed by atoms with E-state index in [1.165, 1.54) is 0 Å². The van der Waals surface area contributed by atoms with E-state index in [1.807, 2.05) is 13.8 Å². The van der Waals surface area contributed by atoms with Gasteiger partial charge in [0.2, 0.25) is 0 Å². The molecule has 0 heterocycles. The van der Waals surface area contributed by atoms with E-state index in [9.17, 15) is 5.11 Å². The lowest BCUT2D eigenvalue weighted by Gasteiger charge is -2.21. The van der Waals surface area contributed by atoms with Crippen LogP contribution in [0.3, 0.4) is 0 Å². The molecule has 2 atom stereocenters. The smallest absolute Gasteiger partial charge is 0.0854 e. The van der Waals surface area contributed by atoms with E-state index < -0.39 is 5.60 Å². The van der Waals surface area contributed by atoms with Crippen LogP contribution in [0.5, 0.6) is 0 Å². The molecule has 3 heteroatoms. The van der Waals surface area contributed by atoms with Crippen LogP contribution < -0.4 is 17.7 Å². The summed E-state index contributed by atoms with van der Waals surface area (Å²) in [7, 11) is 2.10. The summed E-state index contributed by atoms with van der Waals surface area (Å²) in [5.41, 5.74) is -0.498. The number of aliphatic hydroxyl groups is 1. The van der Waals surface area contributed by atoms with Gasteiger partial charge in [-0.15, -0.1) is 0 Å². The minimum absolute atomic E-state index is 0. The van der Waals surface area contributed by atoms with Gasteiger partial charge in [0.05, 0.1) is 18.7 Å². The molecule has 0 aromatic heterocycles. The molecule has 0 aliphatic heterocycles. The Labute approximate surface area is 88.5 Å². The van der Waals surface area contributed by atoms with Crippen molar-refractivity contribution in [2.75, 3.05) is 7.05 Å². The predicted octanol–water partition coefficient (Wildman–Crippen LogP) is -2.24. The number of quaternary nitrogens is 1. The average Bonchev–Trinajstić information content (AvgIpc) is 1.97. The molecule has 0 amide bonds. The average molecular weight is 210 g/mol. The van der Waals surface area contributed by atoms with Crippen LogP contribution in [0.1, 0.15) is 40.5 Å². The lowest BCUT2D eigenvalue weighted by molar-refractivity contribution is -0.666. The van der Waals surface area contributed by atoms with Crippen LogP contribution in [0.25, 0.3) is 0 Å². The highest BCUT2D eigenvalue weighted by Crippen LogP contribution is 2.16. The lowest BCUT2D eigenvalue weighted by atomic mass is 9.92. The fourth-order valence-corrected chi connectivity index (χ4v) is 1.17. The molecule has 2 unspecified atom stereocenters. The number of halogens is 1. The van der Waals surface area contributed by atoms with Crippen molar-refractivity contribution in [3.63, 3.8) is 0 Å². The van der Waals surface area contributed by atoms with Gasteiger partial charge < -0.3 is 22.8 Å². The molecule has 0 aromatic rings. The Kier molecular flexibility index (Phi) is 8.00. The molecule has 2 nitrogen and oxygen atoms in total. The molecule has 0 bridgehead atoms. The summed E-state index contributed by atoms with van der Waals surface area (Å²) in [6, 6.07) is 0.660. The zero-order valence-electron chi connectivity index (χ0n) is 9.47. The molecule has 0 radical (unpaired) electrons. The van der Waals surface area contributed by atoms with Gasteiger partial charge in [-0.3, -0.25) is 0 Å². The summed E-state index contributed by atoms with van der Waals surface area (Å²) in [6.45, 7) is 8.23. The van der Waals surface area contributed by atoms with E-state index in [-0.39, 0.29) is 12.4 Å². The van der Waals surface area contributed by atoms with Crippen molar-refractivity contribution in [3.8, 4) is 0 Å². The molecule has 13 heavy (non-hydrogen) atoms. The second-order valence-corrected chi connectivity index (χ2v) is 4.52. The van der Waals surface area contributed by atoms with Crippen molar-refractivity contribution in [3.05, 3.63) is 0 Å². The molecule has 82 valence electrons. The zero-order chi connectivity index (χ0) is 9.78. The maximum Gasteiger partial charge on any atom is 0.0854 e. The third kappa shape index (κ3) is 8.54. The lowest BCUT2D eigenvalue weighted by Crippen LogP contribution is -3.00. The molecular weight excluding hydrogens is 186 g/mol. The maximum absolute atomic E-state index is 9.51. The molecular formula is C10H24ClNO. The second-order valence-electron chi connectivity index (χ2n) is 4.52. The van der Waals surface area contributed by atoms with Crippen LogP contribution in [0, 0.1) is 5.92 Å². The maximum atomic E-state index is 9.51. The first-order chi connectivity index (χ1) is 5.37. The third-order valence-corrected chi connectivity index (χ3v) is 2.63. The number of rotatable bonds is 5. The van der Waals surface area contributed by atoms with Gasteiger partial charge in [0.15, 0.2) is 0 Å². The number of hydrogen-bond acceptors (Lipinski definition) is 1. The Bertz CT molecular complexity index is 123. The fourth-order valence-electron chi connectivity index (χ4n) is 1.17. The molecule has 0 spiro atoms. The van der Waals surface area contributed by atoms with Gasteiger partial charge in [0.25, 0.3) is 0 Å². The summed E-state index contributed by atoms with van der Waals surface area (Å²) in [6.07, 6.45) is 2.00. The van der Waals surface area contributed by atoms with Gasteiger partial charge in [-0.2, -0.15) is 0 Å². The van der Waals surface area contributed by atoms with Gasteiger partial charge in [-0.25, -0.2) is 0 Å². The van der Waals surface area contributed by atoms with Gasteiger partial charge in [-0.05, 0) is 33.6 Å². The van der Waals surface area contributed by atoms with Gasteiger partial charge in [0, 0.05) is 5.92 Å². The first kappa shape index (κ1) is 15.7. The van der Waals surface area contributed by atoms with Crippen molar-refractivity contribution in [1.29, 1.82) is 0 Å². The number of nitrogens with two attached hydrogens (primary N) is 1. The van der Waals surface area contributed by atoms with Crippen molar-refractivity contribution < 1.29 is 22.8 Å². The van der Waals surface area contributed by atoms with Crippen LogP contribution in [0.2, 0.25) is 0 Å². The van der Waals surface area contributed by atoms with E-state index in [0.29, 0.717) is 12.0 Å². The van der Waals surface area contributed by atoms with Crippen LogP contribution >= 0.6 is 0 Å². The predicted molar refractivity (Wildman–Crippen MR) is 52.0 cm³/mol. The monoisotopic (exact) mass is 209 g/mol. The van der Waals surface area contributed by atoms with Crippen LogP contribution in [0.15, 0.2) is 0 Å². The van der Waals surface area contributed by atoms with E-state index in [1.54, 1.807) is 0 Å². The topological polar surface area (TPSA) is 36.8 Å². The third-order valence-electron chi connectivity index (χ3n) is 2.63. The van der Waals surface area contributed by atoms with E-state index in [2.05, 4.69) is 26.2 Å². The summed E-state index contributed by atoms with van der Waals surface area (Å²) < 4.78 is 0. The minimum Gasteiger partial charge on any atom is -1.00 e. The first-order valence-electron chi connectivity index (χ1n) is 4.88. The fraction of sp³-hybridized carbons (Fsp3) is 1.00.